The second kappa shape index (κ2) is 8.20. The molecule has 3 rings (SSSR count). The van der Waals surface area contributed by atoms with Gasteiger partial charge in [0.2, 0.25) is 5.91 Å². The molecular formula is C18H26N4O. The number of carbonyl (C=O) groups is 1. The second-order valence-electron chi connectivity index (χ2n) is 6.70. The lowest BCUT2D eigenvalue weighted by molar-refractivity contribution is -0.117. The summed E-state index contributed by atoms with van der Waals surface area (Å²) in [4.78, 5) is 22.7. The third-order valence-electron chi connectivity index (χ3n) is 4.91. The minimum absolute atomic E-state index is 0.0371. The third-order valence-corrected chi connectivity index (χ3v) is 4.91. The fourth-order valence-corrected chi connectivity index (χ4v) is 3.63. The molecule has 0 aromatic carbocycles. The van der Waals surface area contributed by atoms with E-state index in [1.165, 1.54) is 32.2 Å². The van der Waals surface area contributed by atoms with Crippen LogP contribution in [0.3, 0.4) is 0 Å². The number of hydrogen-bond donors (Lipinski definition) is 1. The normalized spacial score (nSPS) is 21.0. The van der Waals surface area contributed by atoms with E-state index in [0.717, 1.165) is 31.8 Å². The van der Waals surface area contributed by atoms with Crippen LogP contribution >= 0.6 is 0 Å². The van der Waals surface area contributed by atoms with E-state index in [0.29, 0.717) is 11.7 Å². The van der Waals surface area contributed by atoms with Crippen LogP contribution in [-0.4, -0.2) is 46.5 Å². The summed E-state index contributed by atoms with van der Waals surface area (Å²) < 4.78 is 0. The highest BCUT2D eigenvalue weighted by molar-refractivity contribution is 5.91. The summed E-state index contributed by atoms with van der Waals surface area (Å²) in [6, 6.07) is 0.300. The zero-order valence-electron chi connectivity index (χ0n) is 13.7. The van der Waals surface area contributed by atoms with Gasteiger partial charge in [-0.05, 0) is 37.7 Å². The summed E-state index contributed by atoms with van der Waals surface area (Å²) in [6.07, 6.45) is 15.9. The highest BCUT2D eigenvalue weighted by Crippen LogP contribution is 2.26. The van der Waals surface area contributed by atoms with Gasteiger partial charge in [0.25, 0.3) is 0 Å². The van der Waals surface area contributed by atoms with Crippen molar-refractivity contribution >= 4 is 12.0 Å². The topological polar surface area (TPSA) is 58.1 Å². The van der Waals surface area contributed by atoms with Crippen molar-refractivity contribution < 1.29 is 4.79 Å². The number of aromatic nitrogens is 2. The van der Waals surface area contributed by atoms with Crippen LogP contribution in [0.25, 0.3) is 6.08 Å². The quantitative estimate of drug-likeness (QED) is 0.847. The van der Waals surface area contributed by atoms with Gasteiger partial charge in [0.15, 0.2) is 0 Å². The molecule has 1 aromatic rings. The molecule has 1 aliphatic carbocycles. The lowest BCUT2D eigenvalue weighted by atomic mass is 10.0. The van der Waals surface area contributed by atoms with Crippen molar-refractivity contribution in [3.63, 3.8) is 0 Å². The van der Waals surface area contributed by atoms with Crippen LogP contribution in [0.1, 0.15) is 44.2 Å². The van der Waals surface area contributed by atoms with E-state index >= 15 is 0 Å². The Kier molecular flexibility index (Phi) is 5.75. The minimum Gasteiger partial charge on any atom is -0.350 e. The SMILES string of the molecule is O=C(C=Cc1cnccn1)NC1CCN(CC2CCCC2)CC1. The fraction of sp³-hybridized carbons (Fsp3) is 0.611. The van der Waals surface area contributed by atoms with E-state index < -0.39 is 0 Å². The van der Waals surface area contributed by atoms with Gasteiger partial charge in [-0.15, -0.1) is 0 Å². The number of hydrogen-bond acceptors (Lipinski definition) is 4. The molecule has 1 aliphatic heterocycles. The van der Waals surface area contributed by atoms with Crippen molar-refractivity contribution in [2.24, 2.45) is 5.92 Å². The Balaban J connectivity index is 1.38. The number of amides is 1. The molecule has 1 saturated carbocycles. The van der Waals surface area contributed by atoms with Gasteiger partial charge in [-0.25, -0.2) is 0 Å². The first kappa shape index (κ1) is 16.1. The molecule has 0 radical (unpaired) electrons. The first-order valence-corrected chi connectivity index (χ1v) is 8.76. The van der Waals surface area contributed by atoms with Gasteiger partial charge in [0, 0.05) is 44.1 Å². The van der Waals surface area contributed by atoms with Crippen molar-refractivity contribution in [3.8, 4) is 0 Å². The number of nitrogens with zero attached hydrogens (tertiary/aromatic N) is 3. The van der Waals surface area contributed by atoms with Gasteiger partial charge in [-0.1, -0.05) is 12.8 Å². The molecular weight excluding hydrogens is 288 g/mol. The van der Waals surface area contributed by atoms with Crippen LogP contribution < -0.4 is 5.32 Å². The molecule has 124 valence electrons. The Morgan fingerprint density at radius 1 is 1.22 bits per heavy atom. The Morgan fingerprint density at radius 2 is 2.00 bits per heavy atom. The average molecular weight is 314 g/mol. The maximum absolute atomic E-state index is 12.0. The Morgan fingerprint density at radius 3 is 2.70 bits per heavy atom. The van der Waals surface area contributed by atoms with Crippen LogP contribution in [0, 0.1) is 5.92 Å². The standard InChI is InChI=1S/C18H26N4O/c23-18(6-5-17-13-19-9-10-20-17)21-16-7-11-22(12-8-16)14-15-3-1-2-4-15/h5-6,9-10,13,15-16H,1-4,7-8,11-12,14H2,(H,21,23). The van der Waals surface area contributed by atoms with Crippen LogP contribution in [-0.2, 0) is 4.79 Å². The molecule has 0 atom stereocenters. The highest BCUT2D eigenvalue weighted by atomic mass is 16.1. The van der Waals surface area contributed by atoms with E-state index in [2.05, 4.69) is 20.2 Å². The van der Waals surface area contributed by atoms with Gasteiger partial charge in [0.1, 0.15) is 0 Å². The molecule has 2 heterocycles. The van der Waals surface area contributed by atoms with Gasteiger partial charge >= 0.3 is 0 Å². The Labute approximate surface area is 138 Å². The van der Waals surface area contributed by atoms with E-state index in [1.54, 1.807) is 30.7 Å². The monoisotopic (exact) mass is 314 g/mol. The van der Waals surface area contributed by atoms with Gasteiger partial charge in [-0.2, -0.15) is 0 Å². The molecule has 5 nitrogen and oxygen atoms in total. The Bertz CT molecular complexity index is 517. The Hall–Kier alpha value is -1.75. The third kappa shape index (κ3) is 5.13. The molecule has 2 aliphatic rings. The van der Waals surface area contributed by atoms with Crippen molar-refractivity contribution in [1.82, 2.24) is 20.2 Å². The lowest BCUT2D eigenvalue weighted by Gasteiger charge is -2.33. The van der Waals surface area contributed by atoms with Crippen molar-refractivity contribution in [3.05, 3.63) is 30.4 Å². The fourth-order valence-electron chi connectivity index (χ4n) is 3.63. The first-order valence-electron chi connectivity index (χ1n) is 8.76. The van der Waals surface area contributed by atoms with Gasteiger partial charge < -0.3 is 10.2 Å². The number of rotatable bonds is 5. The second-order valence-corrected chi connectivity index (χ2v) is 6.70. The maximum Gasteiger partial charge on any atom is 0.244 e. The summed E-state index contributed by atoms with van der Waals surface area (Å²) in [7, 11) is 0. The maximum atomic E-state index is 12.0. The zero-order valence-corrected chi connectivity index (χ0v) is 13.7. The zero-order chi connectivity index (χ0) is 15.9. The molecule has 5 heteroatoms. The number of nitrogens with one attached hydrogen (secondary N) is 1. The predicted octanol–water partition coefficient (Wildman–Crippen LogP) is 2.26. The largest absolute Gasteiger partial charge is 0.350 e. The molecule has 0 spiro atoms. The van der Waals surface area contributed by atoms with Crippen molar-refractivity contribution in [2.75, 3.05) is 19.6 Å². The van der Waals surface area contributed by atoms with Crippen LogP contribution in [0.4, 0.5) is 0 Å². The molecule has 1 aromatic heterocycles. The molecule has 0 unspecified atom stereocenters. The number of likely N-dealkylation sites (tertiary alicyclic amines) is 1. The van der Waals surface area contributed by atoms with Crippen molar-refractivity contribution in [1.29, 1.82) is 0 Å². The molecule has 1 saturated heterocycles. The van der Waals surface area contributed by atoms with Gasteiger partial charge in [-0.3, -0.25) is 14.8 Å². The summed E-state index contributed by atoms with van der Waals surface area (Å²) in [6.45, 7) is 3.47. The minimum atomic E-state index is -0.0371. The van der Waals surface area contributed by atoms with Crippen LogP contribution in [0.5, 0.6) is 0 Å². The predicted molar refractivity (Wildman–Crippen MR) is 90.6 cm³/mol. The summed E-state index contributed by atoms with van der Waals surface area (Å²) in [5.74, 6) is 0.876. The van der Waals surface area contributed by atoms with Crippen LogP contribution in [0.2, 0.25) is 0 Å². The summed E-state index contributed by atoms with van der Waals surface area (Å²) in [5, 5.41) is 3.10. The molecule has 0 bridgehead atoms. The molecule has 1 N–H and O–H groups in total. The van der Waals surface area contributed by atoms with E-state index in [-0.39, 0.29) is 5.91 Å². The summed E-state index contributed by atoms with van der Waals surface area (Å²) >= 11 is 0. The van der Waals surface area contributed by atoms with E-state index in [4.69, 9.17) is 0 Å². The molecule has 1 amide bonds. The van der Waals surface area contributed by atoms with Crippen LogP contribution in [0.15, 0.2) is 24.7 Å². The van der Waals surface area contributed by atoms with E-state index in [1.807, 2.05) is 0 Å². The first-order chi connectivity index (χ1) is 11.3. The smallest absolute Gasteiger partial charge is 0.244 e. The van der Waals surface area contributed by atoms with Crippen molar-refractivity contribution in [2.45, 2.75) is 44.6 Å². The van der Waals surface area contributed by atoms with Gasteiger partial charge in [0.05, 0.1) is 11.9 Å². The molecule has 2 fully saturated rings. The highest BCUT2D eigenvalue weighted by Gasteiger charge is 2.23. The number of carbonyl (C=O) groups excluding carboxylic acids is 1. The number of piperidine rings is 1. The molecule has 23 heavy (non-hydrogen) atoms. The van der Waals surface area contributed by atoms with E-state index in [9.17, 15) is 4.79 Å². The average Bonchev–Trinajstić information content (AvgIpc) is 3.09. The summed E-state index contributed by atoms with van der Waals surface area (Å²) in [5.41, 5.74) is 0.703. The lowest BCUT2D eigenvalue weighted by Crippen LogP contribution is -2.45.